The molecule has 0 radical (unpaired) electrons. The van der Waals surface area contributed by atoms with Gasteiger partial charge >= 0.3 is 5.97 Å². The molecule has 0 aromatic rings. The first kappa shape index (κ1) is 11.4. The standard InChI is InChI=1S/C8H11NO4/c1-4(3-9)7(11)6(5(2)10)8(12)13/h3,6H,9H2,1-2H3,(H,12,13). The quantitative estimate of drug-likeness (QED) is 0.463. The summed E-state index contributed by atoms with van der Waals surface area (Å²) < 4.78 is 0. The van der Waals surface area contributed by atoms with Crippen molar-refractivity contribution in [3.63, 3.8) is 0 Å². The molecule has 0 spiro atoms. The van der Waals surface area contributed by atoms with E-state index in [1.807, 2.05) is 0 Å². The molecule has 0 saturated heterocycles. The number of ketones is 2. The van der Waals surface area contributed by atoms with Gasteiger partial charge in [0.05, 0.1) is 0 Å². The summed E-state index contributed by atoms with van der Waals surface area (Å²) in [4.78, 5) is 32.5. The zero-order valence-electron chi connectivity index (χ0n) is 7.40. The number of rotatable bonds is 4. The molecule has 0 aromatic carbocycles. The van der Waals surface area contributed by atoms with Gasteiger partial charge in [0.25, 0.3) is 0 Å². The van der Waals surface area contributed by atoms with Gasteiger partial charge in [0, 0.05) is 11.8 Å². The average Bonchev–Trinajstić information content (AvgIpc) is 2.01. The molecule has 0 saturated carbocycles. The molecule has 1 unspecified atom stereocenters. The smallest absolute Gasteiger partial charge is 0.322 e. The van der Waals surface area contributed by atoms with Gasteiger partial charge in [0.15, 0.2) is 17.5 Å². The first-order chi connectivity index (χ1) is 5.91. The lowest BCUT2D eigenvalue weighted by atomic mass is 9.96. The number of hydrogen-bond acceptors (Lipinski definition) is 4. The van der Waals surface area contributed by atoms with Crippen molar-refractivity contribution in [2.45, 2.75) is 13.8 Å². The molecule has 13 heavy (non-hydrogen) atoms. The van der Waals surface area contributed by atoms with Gasteiger partial charge in [-0.1, -0.05) is 0 Å². The summed E-state index contributed by atoms with van der Waals surface area (Å²) in [6, 6.07) is 0. The van der Waals surface area contributed by atoms with Crippen molar-refractivity contribution in [2.24, 2.45) is 11.7 Å². The largest absolute Gasteiger partial charge is 0.480 e. The Bertz CT molecular complexity index is 266. The summed E-state index contributed by atoms with van der Waals surface area (Å²) in [5, 5.41) is 8.55. The van der Waals surface area contributed by atoms with Crippen molar-refractivity contribution in [3.8, 4) is 0 Å². The van der Waals surface area contributed by atoms with E-state index in [2.05, 4.69) is 0 Å². The van der Waals surface area contributed by atoms with Crippen LogP contribution >= 0.6 is 0 Å². The van der Waals surface area contributed by atoms with Gasteiger partial charge in [-0.15, -0.1) is 0 Å². The zero-order valence-corrected chi connectivity index (χ0v) is 7.40. The molecular weight excluding hydrogens is 174 g/mol. The number of carbonyl (C=O) groups is 3. The van der Waals surface area contributed by atoms with Crippen molar-refractivity contribution in [2.75, 3.05) is 0 Å². The SMILES string of the molecule is CC(=O)C(C(=O)O)C(=O)C(C)=CN. The van der Waals surface area contributed by atoms with Crippen molar-refractivity contribution in [1.29, 1.82) is 0 Å². The van der Waals surface area contributed by atoms with Crippen LogP contribution in [-0.4, -0.2) is 22.6 Å². The van der Waals surface area contributed by atoms with Crippen LogP contribution in [0.3, 0.4) is 0 Å². The zero-order chi connectivity index (χ0) is 10.6. The highest BCUT2D eigenvalue weighted by Crippen LogP contribution is 2.07. The van der Waals surface area contributed by atoms with Gasteiger partial charge < -0.3 is 10.8 Å². The van der Waals surface area contributed by atoms with Gasteiger partial charge in [0.1, 0.15) is 0 Å². The van der Waals surface area contributed by atoms with Crippen LogP contribution in [0.2, 0.25) is 0 Å². The highest BCUT2D eigenvalue weighted by Gasteiger charge is 2.31. The summed E-state index contributed by atoms with van der Waals surface area (Å²) in [7, 11) is 0. The summed E-state index contributed by atoms with van der Waals surface area (Å²) in [5.41, 5.74) is 5.10. The van der Waals surface area contributed by atoms with E-state index in [4.69, 9.17) is 10.8 Å². The maximum absolute atomic E-state index is 11.2. The van der Waals surface area contributed by atoms with Crippen LogP contribution in [0.1, 0.15) is 13.8 Å². The highest BCUT2D eigenvalue weighted by molar-refractivity contribution is 6.21. The molecule has 1 atom stereocenters. The lowest BCUT2D eigenvalue weighted by Gasteiger charge is -2.06. The Labute approximate surface area is 75.2 Å². The molecular formula is C8H11NO4. The number of Topliss-reactive ketones (excluding diaryl/α,β-unsaturated/α-hetero) is 2. The minimum atomic E-state index is -1.63. The number of carbonyl (C=O) groups excluding carboxylic acids is 2. The molecule has 72 valence electrons. The van der Waals surface area contributed by atoms with Gasteiger partial charge in [-0.05, 0) is 13.8 Å². The minimum absolute atomic E-state index is 0.0719. The van der Waals surface area contributed by atoms with Crippen LogP contribution in [0, 0.1) is 5.92 Å². The third kappa shape index (κ3) is 2.70. The fraction of sp³-hybridized carbons (Fsp3) is 0.375. The first-order valence-corrected chi connectivity index (χ1v) is 3.57. The van der Waals surface area contributed by atoms with Gasteiger partial charge in [-0.3, -0.25) is 14.4 Å². The fourth-order valence-electron chi connectivity index (χ4n) is 0.780. The molecule has 0 amide bonds. The molecule has 5 nitrogen and oxygen atoms in total. The second kappa shape index (κ2) is 4.39. The second-order valence-corrected chi connectivity index (χ2v) is 2.60. The molecule has 0 rings (SSSR count). The maximum atomic E-state index is 11.2. The molecule has 0 heterocycles. The van der Waals surface area contributed by atoms with E-state index in [1.165, 1.54) is 6.92 Å². The number of carboxylic acids is 1. The number of nitrogens with two attached hydrogens (primary N) is 1. The Kier molecular flexibility index (Phi) is 3.84. The van der Waals surface area contributed by atoms with E-state index in [9.17, 15) is 14.4 Å². The number of allylic oxidation sites excluding steroid dienone is 1. The van der Waals surface area contributed by atoms with E-state index in [1.54, 1.807) is 0 Å². The predicted octanol–water partition coefficient (Wildman–Crippen LogP) is -0.292. The first-order valence-electron chi connectivity index (χ1n) is 3.57. The van der Waals surface area contributed by atoms with Crippen molar-refractivity contribution in [1.82, 2.24) is 0 Å². The molecule has 0 fully saturated rings. The number of hydrogen-bond donors (Lipinski definition) is 2. The lowest BCUT2D eigenvalue weighted by molar-refractivity contribution is -0.148. The summed E-state index contributed by atoms with van der Waals surface area (Å²) in [6.45, 7) is 2.42. The Morgan fingerprint density at radius 2 is 1.77 bits per heavy atom. The van der Waals surface area contributed by atoms with E-state index >= 15 is 0 Å². The molecule has 3 N–H and O–H groups in total. The van der Waals surface area contributed by atoms with Crippen molar-refractivity contribution < 1.29 is 19.5 Å². The van der Waals surface area contributed by atoms with Crippen LogP contribution in [0.15, 0.2) is 11.8 Å². The third-order valence-electron chi connectivity index (χ3n) is 1.55. The molecule has 0 aromatic heterocycles. The molecule has 0 aliphatic heterocycles. The number of aliphatic carboxylic acids is 1. The fourth-order valence-corrected chi connectivity index (χ4v) is 0.780. The van der Waals surface area contributed by atoms with Crippen molar-refractivity contribution in [3.05, 3.63) is 11.8 Å². The van der Waals surface area contributed by atoms with Crippen LogP contribution in [0.4, 0.5) is 0 Å². The molecule has 0 aliphatic rings. The Morgan fingerprint density at radius 3 is 2.00 bits per heavy atom. The second-order valence-electron chi connectivity index (χ2n) is 2.60. The van der Waals surface area contributed by atoms with Gasteiger partial charge in [-0.2, -0.15) is 0 Å². The molecule has 0 bridgehead atoms. The molecule has 0 aliphatic carbocycles. The predicted molar refractivity (Wildman–Crippen MR) is 44.8 cm³/mol. The van der Waals surface area contributed by atoms with E-state index in [0.717, 1.165) is 13.1 Å². The van der Waals surface area contributed by atoms with Crippen LogP contribution < -0.4 is 5.73 Å². The summed E-state index contributed by atoms with van der Waals surface area (Å²) in [6.07, 6.45) is 0.987. The van der Waals surface area contributed by atoms with E-state index < -0.39 is 23.5 Å². The molecule has 5 heteroatoms. The Balaban J connectivity index is 4.88. The van der Waals surface area contributed by atoms with Crippen LogP contribution in [0.5, 0.6) is 0 Å². The van der Waals surface area contributed by atoms with E-state index in [-0.39, 0.29) is 5.57 Å². The normalized spacial score (nSPS) is 13.5. The average molecular weight is 185 g/mol. The Hall–Kier alpha value is -1.65. The monoisotopic (exact) mass is 185 g/mol. The van der Waals surface area contributed by atoms with Gasteiger partial charge in [0.2, 0.25) is 0 Å². The maximum Gasteiger partial charge on any atom is 0.322 e. The van der Waals surface area contributed by atoms with Crippen LogP contribution in [-0.2, 0) is 14.4 Å². The lowest BCUT2D eigenvalue weighted by Crippen LogP contribution is -2.30. The highest BCUT2D eigenvalue weighted by atomic mass is 16.4. The number of carboxylic acid groups (broad SMARTS) is 1. The van der Waals surface area contributed by atoms with Crippen LogP contribution in [0.25, 0.3) is 0 Å². The third-order valence-corrected chi connectivity index (χ3v) is 1.55. The summed E-state index contributed by atoms with van der Waals surface area (Å²) >= 11 is 0. The van der Waals surface area contributed by atoms with E-state index in [0.29, 0.717) is 0 Å². The Morgan fingerprint density at radius 1 is 1.31 bits per heavy atom. The van der Waals surface area contributed by atoms with Crippen molar-refractivity contribution >= 4 is 17.5 Å². The van der Waals surface area contributed by atoms with Gasteiger partial charge in [-0.25, -0.2) is 0 Å². The minimum Gasteiger partial charge on any atom is -0.480 e. The summed E-state index contributed by atoms with van der Waals surface area (Å²) in [5.74, 6) is -4.53. The topological polar surface area (TPSA) is 97.5 Å².